The highest BCUT2D eigenvalue weighted by atomic mass is 32.2. The summed E-state index contributed by atoms with van der Waals surface area (Å²) in [5.74, 6) is -1.37. The van der Waals surface area contributed by atoms with Crippen molar-refractivity contribution in [1.82, 2.24) is 10.3 Å². The van der Waals surface area contributed by atoms with Gasteiger partial charge in [-0.2, -0.15) is 0 Å². The first-order chi connectivity index (χ1) is 17.1. The molecule has 0 saturated carbocycles. The van der Waals surface area contributed by atoms with Gasteiger partial charge in [-0.25, -0.2) is 27.0 Å². The van der Waals surface area contributed by atoms with Crippen LogP contribution in [0.5, 0.6) is 0 Å². The third-order valence-electron chi connectivity index (χ3n) is 5.56. The lowest BCUT2D eigenvalue weighted by molar-refractivity contribution is 0.168. The van der Waals surface area contributed by atoms with Crippen LogP contribution in [0, 0.1) is 11.6 Å². The van der Waals surface area contributed by atoms with E-state index in [0.29, 0.717) is 41.7 Å². The van der Waals surface area contributed by atoms with Gasteiger partial charge in [0.2, 0.25) is 10.0 Å². The number of halogens is 2. The largest absolute Gasteiger partial charge is 0.453 e. The highest BCUT2D eigenvalue weighted by molar-refractivity contribution is 7.92. The topological polar surface area (TPSA) is 109 Å². The Morgan fingerprint density at radius 1 is 1.14 bits per heavy atom. The summed E-state index contributed by atoms with van der Waals surface area (Å²) in [5.41, 5.74) is 0.423. The molecule has 3 rings (SSSR count). The van der Waals surface area contributed by atoms with E-state index in [2.05, 4.69) is 25.1 Å². The van der Waals surface area contributed by atoms with Crippen LogP contribution in [0.15, 0.2) is 36.5 Å². The molecule has 0 aliphatic heterocycles. The van der Waals surface area contributed by atoms with Crippen molar-refractivity contribution in [3.8, 4) is 11.1 Å². The highest BCUT2D eigenvalue weighted by Gasteiger charge is 2.21. The molecule has 194 valence electrons. The molecule has 0 aliphatic rings. The number of carbonyl (C=O) groups excluding carboxylic acids is 1. The van der Waals surface area contributed by atoms with E-state index in [1.165, 1.54) is 7.11 Å². The summed E-state index contributed by atoms with van der Waals surface area (Å²) in [4.78, 5) is 15.7. The maximum Gasteiger partial charge on any atom is 0.407 e. The fourth-order valence-corrected chi connectivity index (χ4v) is 4.93. The van der Waals surface area contributed by atoms with Crippen molar-refractivity contribution in [3.05, 3.63) is 53.7 Å². The maximum atomic E-state index is 15.4. The minimum absolute atomic E-state index is 0.172. The van der Waals surface area contributed by atoms with Crippen molar-refractivity contribution < 1.29 is 26.7 Å². The Hall–Kier alpha value is -3.47. The average molecular weight is 521 g/mol. The van der Waals surface area contributed by atoms with Crippen LogP contribution in [0.3, 0.4) is 0 Å². The van der Waals surface area contributed by atoms with Gasteiger partial charge in [0.1, 0.15) is 11.6 Å². The molecule has 0 aliphatic carbocycles. The van der Waals surface area contributed by atoms with Gasteiger partial charge in [0, 0.05) is 24.2 Å². The third kappa shape index (κ3) is 6.39. The average Bonchev–Trinajstić information content (AvgIpc) is 2.83. The van der Waals surface area contributed by atoms with Crippen molar-refractivity contribution in [2.24, 2.45) is 0 Å². The van der Waals surface area contributed by atoms with Crippen LogP contribution in [0.2, 0.25) is 0 Å². The molecule has 0 fully saturated rings. The Labute approximate surface area is 209 Å². The SMILES string of the molecule is CCCS(=O)(=O)Nc1ccc(F)c(-c2cc3cnc(NC[C@H](C)NC(=O)OC)cc3cc2CC)c1F. The van der Waals surface area contributed by atoms with Crippen molar-refractivity contribution in [1.29, 1.82) is 0 Å². The Morgan fingerprint density at radius 3 is 2.56 bits per heavy atom. The number of aryl methyl sites for hydroxylation is 1. The summed E-state index contributed by atoms with van der Waals surface area (Å²) < 4.78 is 61.5. The lowest BCUT2D eigenvalue weighted by Crippen LogP contribution is -2.37. The summed E-state index contributed by atoms with van der Waals surface area (Å²) in [7, 11) is -2.46. The Balaban J connectivity index is 1.97. The van der Waals surface area contributed by atoms with Crippen LogP contribution in [-0.2, 0) is 21.2 Å². The molecule has 1 heterocycles. The van der Waals surface area contributed by atoms with Crippen LogP contribution in [-0.4, -0.2) is 44.9 Å². The summed E-state index contributed by atoms with van der Waals surface area (Å²) in [6, 6.07) is 7.23. The number of methoxy groups -OCH3 is 1. The molecule has 1 amide bonds. The molecular weight excluding hydrogens is 490 g/mol. The molecule has 11 heteroatoms. The van der Waals surface area contributed by atoms with E-state index in [1.54, 1.807) is 19.2 Å². The standard InChI is InChI=1S/C25H30F2N4O4S/c1-5-9-36(33,34)31-21-8-7-20(26)23(24(21)27)19-11-18-14-29-22(12-17(18)10-16(19)6-2)28-13-15(3)30-25(32)35-4/h7-8,10-12,14-15,31H,5-6,9,13H2,1-4H3,(H,28,29)(H,30,32)/t15-/m0/s1. The van der Waals surface area contributed by atoms with E-state index >= 15 is 4.39 Å². The molecule has 0 unspecified atom stereocenters. The van der Waals surface area contributed by atoms with Crippen molar-refractivity contribution in [2.45, 2.75) is 39.7 Å². The van der Waals surface area contributed by atoms with Crippen LogP contribution in [0.4, 0.5) is 25.1 Å². The number of rotatable bonds is 10. The van der Waals surface area contributed by atoms with Gasteiger partial charge in [0.25, 0.3) is 0 Å². The van der Waals surface area contributed by atoms with E-state index in [1.807, 2.05) is 26.0 Å². The summed E-state index contributed by atoms with van der Waals surface area (Å²) >= 11 is 0. The molecule has 0 spiro atoms. The minimum atomic E-state index is -3.75. The van der Waals surface area contributed by atoms with Gasteiger partial charge in [-0.05, 0) is 60.5 Å². The zero-order valence-corrected chi connectivity index (χ0v) is 21.4. The smallest absolute Gasteiger partial charge is 0.407 e. The van der Waals surface area contributed by atoms with E-state index in [-0.39, 0.29) is 23.0 Å². The zero-order chi connectivity index (χ0) is 26.5. The van der Waals surface area contributed by atoms with E-state index < -0.39 is 27.8 Å². The first-order valence-corrected chi connectivity index (χ1v) is 13.2. The molecule has 1 atom stereocenters. The van der Waals surface area contributed by atoms with Gasteiger partial charge in [0.05, 0.1) is 24.1 Å². The molecule has 0 radical (unpaired) electrons. The number of pyridine rings is 1. The zero-order valence-electron chi connectivity index (χ0n) is 20.6. The number of benzene rings is 2. The van der Waals surface area contributed by atoms with Crippen molar-refractivity contribution in [2.75, 3.05) is 29.4 Å². The second-order valence-corrected chi connectivity index (χ2v) is 10.2. The van der Waals surface area contributed by atoms with Crippen LogP contribution in [0.1, 0.15) is 32.8 Å². The number of nitrogens with zero attached hydrogens (tertiary/aromatic N) is 1. The molecule has 8 nitrogen and oxygen atoms in total. The van der Waals surface area contributed by atoms with Gasteiger partial charge in [0.15, 0.2) is 5.82 Å². The molecule has 0 saturated heterocycles. The quantitative estimate of drug-likeness (QED) is 0.345. The number of hydrogen-bond donors (Lipinski definition) is 3. The lowest BCUT2D eigenvalue weighted by atomic mass is 9.93. The summed E-state index contributed by atoms with van der Waals surface area (Å²) in [5, 5.41) is 7.26. The van der Waals surface area contributed by atoms with Crippen LogP contribution in [0.25, 0.3) is 21.9 Å². The maximum absolute atomic E-state index is 15.4. The number of amides is 1. The number of anilines is 2. The van der Waals surface area contributed by atoms with Gasteiger partial charge >= 0.3 is 6.09 Å². The molecule has 3 aromatic rings. The highest BCUT2D eigenvalue weighted by Crippen LogP contribution is 2.36. The predicted octanol–water partition coefficient (Wildman–Crippen LogP) is 5.05. The normalized spacial score (nSPS) is 12.3. The minimum Gasteiger partial charge on any atom is -0.453 e. The summed E-state index contributed by atoms with van der Waals surface area (Å²) in [6.45, 7) is 5.79. The second kappa shape index (κ2) is 11.5. The first-order valence-electron chi connectivity index (χ1n) is 11.6. The van der Waals surface area contributed by atoms with Gasteiger partial charge < -0.3 is 15.4 Å². The molecule has 3 N–H and O–H groups in total. The summed E-state index contributed by atoms with van der Waals surface area (Å²) in [6.07, 6.45) is 1.90. The van der Waals surface area contributed by atoms with Gasteiger partial charge in [-0.1, -0.05) is 19.9 Å². The molecular formula is C25H30F2N4O4S. The van der Waals surface area contributed by atoms with Crippen LogP contribution >= 0.6 is 0 Å². The lowest BCUT2D eigenvalue weighted by Gasteiger charge is -2.16. The number of ether oxygens (including phenoxy) is 1. The number of nitrogens with one attached hydrogen (secondary N) is 3. The molecule has 2 aromatic carbocycles. The van der Waals surface area contributed by atoms with Gasteiger partial charge in [-0.3, -0.25) is 4.72 Å². The number of sulfonamides is 1. The Bertz CT molecular complexity index is 1370. The Kier molecular flexibility index (Phi) is 8.67. The van der Waals surface area contributed by atoms with Crippen LogP contribution < -0.4 is 15.4 Å². The van der Waals surface area contributed by atoms with Crippen molar-refractivity contribution >= 4 is 38.4 Å². The number of fused-ring (bicyclic) bond motifs is 1. The van der Waals surface area contributed by atoms with E-state index in [9.17, 15) is 17.6 Å². The number of alkyl carbamates (subject to hydrolysis) is 1. The molecule has 1 aromatic heterocycles. The number of aromatic nitrogens is 1. The van der Waals surface area contributed by atoms with Crippen molar-refractivity contribution in [3.63, 3.8) is 0 Å². The molecule has 0 bridgehead atoms. The fourth-order valence-electron chi connectivity index (χ4n) is 3.80. The molecule has 36 heavy (non-hydrogen) atoms. The predicted molar refractivity (Wildman–Crippen MR) is 138 cm³/mol. The fraction of sp³-hybridized carbons (Fsp3) is 0.360. The second-order valence-electron chi connectivity index (χ2n) is 8.40. The number of hydrogen-bond acceptors (Lipinski definition) is 6. The Morgan fingerprint density at radius 2 is 1.89 bits per heavy atom. The van der Waals surface area contributed by atoms with Gasteiger partial charge in [-0.15, -0.1) is 0 Å². The first kappa shape index (κ1) is 27.1. The van der Waals surface area contributed by atoms with E-state index in [0.717, 1.165) is 17.5 Å². The third-order valence-corrected chi connectivity index (χ3v) is 7.04. The monoisotopic (exact) mass is 520 g/mol. The number of carbonyl (C=O) groups is 1. The van der Waals surface area contributed by atoms with E-state index in [4.69, 9.17) is 0 Å².